The summed E-state index contributed by atoms with van der Waals surface area (Å²) in [5.41, 5.74) is 10.6. The van der Waals surface area contributed by atoms with Crippen LogP contribution >= 0.6 is 11.8 Å². The van der Waals surface area contributed by atoms with Gasteiger partial charge in [-0.3, -0.25) is 0 Å². The molecule has 2 aliphatic heterocycles. The van der Waals surface area contributed by atoms with Gasteiger partial charge in [0.25, 0.3) is 0 Å². The number of anilines is 2. The molecular weight excluding hydrogens is 460 g/mol. The lowest BCUT2D eigenvalue weighted by Gasteiger charge is -2.32. The Labute approximate surface area is 208 Å². The number of fused-ring (bicyclic) bond motifs is 1. The molecule has 0 unspecified atom stereocenters. The molecule has 0 saturated carbocycles. The van der Waals surface area contributed by atoms with Crippen molar-refractivity contribution >= 4 is 23.4 Å². The highest BCUT2D eigenvalue weighted by molar-refractivity contribution is 7.99. The number of morpholine rings is 1. The van der Waals surface area contributed by atoms with Crippen LogP contribution < -0.4 is 15.4 Å². The standard InChI is InChI=1S/C26H26N6O2S/c27-19-6-4-5-18(15-19)23-24(32-12-14-35-26(32)30-23)22-9-10-28-25(29-22)31-11-13-33-21(16-31)17-34-20-7-2-1-3-8-20/h1-10,15,21H,11-14,16-17,27H2/t21-/m1/s1. The Morgan fingerprint density at radius 1 is 1.06 bits per heavy atom. The van der Waals surface area contributed by atoms with Gasteiger partial charge in [-0.1, -0.05) is 42.1 Å². The maximum atomic E-state index is 6.08. The van der Waals surface area contributed by atoms with Crippen molar-refractivity contribution in [2.24, 2.45) is 0 Å². The van der Waals surface area contributed by atoms with Gasteiger partial charge in [-0.05, 0) is 30.3 Å². The monoisotopic (exact) mass is 486 g/mol. The van der Waals surface area contributed by atoms with Gasteiger partial charge in [0, 0.05) is 36.3 Å². The Kier molecular flexibility index (Phi) is 6.01. The smallest absolute Gasteiger partial charge is 0.226 e. The van der Waals surface area contributed by atoms with E-state index in [9.17, 15) is 0 Å². The van der Waals surface area contributed by atoms with Crippen molar-refractivity contribution in [1.82, 2.24) is 19.5 Å². The predicted octanol–water partition coefficient (Wildman–Crippen LogP) is 3.98. The van der Waals surface area contributed by atoms with E-state index in [1.807, 2.05) is 66.9 Å². The number of nitrogens with zero attached hydrogens (tertiary/aromatic N) is 5. The quantitative estimate of drug-likeness (QED) is 0.409. The van der Waals surface area contributed by atoms with Crippen molar-refractivity contribution in [3.8, 4) is 28.4 Å². The minimum Gasteiger partial charge on any atom is -0.491 e. The van der Waals surface area contributed by atoms with Gasteiger partial charge < -0.3 is 24.7 Å². The number of ether oxygens (including phenoxy) is 2. The molecule has 1 fully saturated rings. The van der Waals surface area contributed by atoms with Crippen LogP contribution in [0.15, 0.2) is 72.0 Å². The van der Waals surface area contributed by atoms with Crippen LogP contribution in [0, 0.1) is 0 Å². The molecule has 1 saturated heterocycles. The van der Waals surface area contributed by atoms with E-state index in [0.29, 0.717) is 25.7 Å². The number of nitrogen functional groups attached to an aromatic ring is 1. The van der Waals surface area contributed by atoms with Gasteiger partial charge in [0.05, 0.1) is 30.2 Å². The molecule has 2 aromatic carbocycles. The van der Waals surface area contributed by atoms with Crippen molar-refractivity contribution in [2.45, 2.75) is 17.8 Å². The van der Waals surface area contributed by atoms with E-state index in [1.54, 1.807) is 11.8 Å². The highest BCUT2D eigenvalue weighted by atomic mass is 32.2. The molecule has 0 spiro atoms. The van der Waals surface area contributed by atoms with Gasteiger partial charge in [-0.15, -0.1) is 0 Å². The third-order valence-corrected chi connectivity index (χ3v) is 7.08. The molecule has 8 nitrogen and oxygen atoms in total. The van der Waals surface area contributed by atoms with E-state index in [1.165, 1.54) is 0 Å². The molecule has 2 aliphatic rings. The first-order valence-corrected chi connectivity index (χ1v) is 12.7. The van der Waals surface area contributed by atoms with Gasteiger partial charge in [0.2, 0.25) is 5.95 Å². The number of nitrogens with two attached hydrogens (primary N) is 1. The molecule has 6 rings (SSSR count). The third kappa shape index (κ3) is 4.56. The molecule has 0 aliphatic carbocycles. The average molecular weight is 487 g/mol. The summed E-state index contributed by atoms with van der Waals surface area (Å²) >= 11 is 1.77. The minimum absolute atomic E-state index is 0.0605. The summed E-state index contributed by atoms with van der Waals surface area (Å²) in [6.45, 7) is 3.38. The first-order valence-electron chi connectivity index (χ1n) is 11.7. The van der Waals surface area contributed by atoms with Crippen LogP contribution in [0.1, 0.15) is 0 Å². The summed E-state index contributed by atoms with van der Waals surface area (Å²) in [6.07, 6.45) is 1.77. The van der Waals surface area contributed by atoms with Crippen molar-refractivity contribution in [3.05, 3.63) is 66.9 Å². The summed E-state index contributed by atoms with van der Waals surface area (Å²) in [6, 6.07) is 19.6. The fourth-order valence-corrected chi connectivity index (χ4v) is 5.42. The van der Waals surface area contributed by atoms with Crippen LogP contribution in [0.4, 0.5) is 11.6 Å². The van der Waals surface area contributed by atoms with Crippen LogP contribution in [0.25, 0.3) is 22.6 Å². The number of para-hydroxylation sites is 1. The van der Waals surface area contributed by atoms with Gasteiger partial charge in [0.15, 0.2) is 5.16 Å². The van der Waals surface area contributed by atoms with E-state index in [4.69, 9.17) is 25.2 Å². The van der Waals surface area contributed by atoms with Crippen LogP contribution in [0.2, 0.25) is 0 Å². The van der Waals surface area contributed by atoms with E-state index in [2.05, 4.69) is 14.5 Å². The first-order chi connectivity index (χ1) is 17.2. The molecular formula is C26H26N6O2S. The maximum Gasteiger partial charge on any atom is 0.226 e. The second-order valence-electron chi connectivity index (χ2n) is 8.52. The molecule has 2 aromatic heterocycles. The average Bonchev–Trinajstić information content (AvgIpc) is 3.50. The van der Waals surface area contributed by atoms with Crippen LogP contribution in [0.3, 0.4) is 0 Å². The number of rotatable bonds is 6. The zero-order valence-corrected chi connectivity index (χ0v) is 20.0. The van der Waals surface area contributed by atoms with Crippen molar-refractivity contribution in [1.29, 1.82) is 0 Å². The third-order valence-electron chi connectivity index (χ3n) is 6.12. The lowest BCUT2D eigenvalue weighted by atomic mass is 10.1. The second kappa shape index (κ2) is 9.59. The molecule has 4 aromatic rings. The summed E-state index contributed by atoms with van der Waals surface area (Å²) < 4.78 is 14.1. The number of hydrogen-bond acceptors (Lipinski definition) is 8. The zero-order valence-electron chi connectivity index (χ0n) is 19.2. The van der Waals surface area contributed by atoms with Crippen LogP contribution in [-0.2, 0) is 11.3 Å². The van der Waals surface area contributed by atoms with Gasteiger partial charge in [-0.2, -0.15) is 0 Å². The largest absolute Gasteiger partial charge is 0.491 e. The maximum absolute atomic E-state index is 6.08. The summed E-state index contributed by atoms with van der Waals surface area (Å²) in [4.78, 5) is 16.7. The van der Waals surface area contributed by atoms with E-state index < -0.39 is 0 Å². The lowest BCUT2D eigenvalue weighted by Crippen LogP contribution is -2.45. The first kappa shape index (κ1) is 21.9. The lowest BCUT2D eigenvalue weighted by molar-refractivity contribution is 0.00982. The normalized spacial score (nSPS) is 17.4. The molecule has 2 N–H and O–H groups in total. The van der Waals surface area contributed by atoms with Gasteiger partial charge in [-0.25, -0.2) is 15.0 Å². The number of hydrogen-bond donors (Lipinski definition) is 1. The Balaban J connectivity index is 1.27. The zero-order chi connectivity index (χ0) is 23.6. The highest BCUT2D eigenvalue weighted by Crippen LogP contribution is 2.39. The van der Waals surface area contributed by atoms with E-state index in [-0.39, 0.29) is 6.10 Å². The van der Waals surface area contributed by atoms with E-state index in [0.717, 1.165) is 58.1 Å². The number of aromatic nitrogens is 4. The number of benzene rings is 2. The van der Waals surface area contributed by atoms with Crippen LogP contribution in [0.5, 0.6) is 5.75 Å². The van der Waals surface area contributed by atoms with Gasteiger partial charge in [0.1, 0.15) is 18.5 Å². The molecule has 0 bridgehead atoms. The van der Waals surface area contributed by atoms with Gasteiger partial charge >= 0.3 is 0 Å². The Hall–Kier alpha value is -3.56. The van der Waals surface area contributed by atoms with Crippen molar-refractivity contribution < 1.29 is 9.47 Å². The minimum atomic E-state index is -0.0605. The number of imidazole rings is 1. The molecule has 178 valence electrons. The molecule has 0 amide bonds. The molecule has 35 heavy (non-hydrogen) atoms. The highest BCUT2D eigenvalue weighted by Gasteiger charge is 2.27. The van der Waals surface area contributed by atoms with Crippen LogP contribution in [-0.4, -0.2) is 57.7 Å². The number of thioether (sulfide) groups is 1. The molecule has 0 radical (unpaired) electrons. The fourth-order valence-electron chi connectivity index (χ4n) is 4.47. The molecule has 9 heteroatoms. The fraction of sp³-hybridized carbons (Fsp3) is 0.269. The van der Waals surface area contributed by atoms with Crippen molar-refractivity contribution in [2.75, 3.05) is 42.7 Å². The Morgan fingerprint density at radius 3 is 2.86 bits per heavy atom. The summed E-state index contributed by atoms with van der Waals surface area (Å²) in [7, 11) is 0. The van der Waals surface area contributed by atoms with E-state index >= 15 is 0 Å². The Morgan fingerprint density at radius 2 is 1.97 bits per heavy atom. The summed E-state index contributed by atoms with van der Waals surface area (Å²) in [5.74, 6) is 2.54. The summed E-state index contributed by atoms with van der Waals surface area (Å²) in [5, 5.41) is 1.02. The molecule has 1 atom stereocenters. The molecule has 4 heterocycles. The topological polar surface area (TPSA) is 91.3 Å². The second-order valence-corrected chi connectivity index (χ2v) is 9.58. The predicted molar refractivity (Wildman–Crippen MR) is 138 cm³/mol. The van der Waals surface area contributed by atoms with Crippen molar-refractivity contribution in [3.63, 3.8) is 0 Å². The SMILES string of the molecule is Nc1cccc(-c2nc3n(c2-c2ccnc(N4CCO[C@@H](COc5ccccc5)C4)n2)CCS3)c1. The Bertz CT molecular complexity index is 1330.